The first-order valence-corrected chi connectivity index (χ1v) is 7.79. The van der Waals surface area contributed by atoms with Gasteiger partial charge in [0.1, 0.15) is 5.69 Å². The summed E-state index contributed by atoms with van der Waals surface area (Å²) in [7, 11) is 0. The van der Waals surface area contributed by atoms with Crippen LogP contribution in [0.3, 0.4) is 0 Å². The van der Waals surface area contributed by atoms with Crippen molar-refractivity contribution < 1.29 is 9.45 Å². The number of rotatable bonds is 4. The van der Waals surface area contributed by atoms with Crippen LogP contribution < -0.4 is 4.90 Å². The van der Waals surface area contributed by atoms with E-state index in [2.05, 4.69) is 10.1 Å². The Morgan fingerprint density at radius 1 is 1.54 bits per heavy atom. The fourth-order valence-electron chi connectivity index (χ4n) is 3.14. The molecule has 0 saturated carbocycles. The second kappa shape index (κ2) is 6.66. The van der Waals surface area contributed by atoms with Gasteiger partial charge in [0.15, 0.2) is 5.82 Å². The molecule has 3 rings (SSSR count). The molecule has 24 heavy (non-hydrogen) atoms. The quantitative estimate of drug-likeness (QED) is 0.627. The molecule has 1 fully saturated rings. The molecular formula is C16H17N5O3. The smallest absolute Gasteiger partial charge is 0.293 e. The number of anilines is 1. The summed E-state index contributed by atoms with van der Waals surface area (Å²) in [5.74, 6) is 1.53. The molecule has 0 radical (unpaired) electrons. The van der Waals surface area contributed by atoms with Crippen LogP contribution in [0.25, 0.3) is 0 Å². The van der Waals surface area contributed by atoms with E-state index in [1.54, 1.807) is 19.1 Å². The van der Waals surface area contributed by atoms with Gasteiger partial charge in [-0.15, -0.1) is 0 Å². The third-order valence-electron chi connectivity index (χ3n) is 4.20. The lowest BCUT2D eigenvalue weighted by Gasteiger charge is -2.33. The minimum absolute atomic E-state index is 0.0231. The van der Waals surface area contributed by atoms with Crippen LogP contribution in [-0.4, -0.2) is 28.2 Å². The molecule has 0 bridgehead atoms. The molecule has 8 nitrogen and oxygen atoms in total. The Morgan fingerprint density at radius 3 is 3.04 bits per heavy atom. The average molecular weight is 327 g/mol. The van der Waals surface area contributed by atoms with Crippen molar-refractivity contribution in [1.82, 2.24) is 10.1 Å². The summed E-state index contributed by atoms with van der Waals surface area (Å²) in [6.45, 7) is 3.21. The topological polar surface area (TPSA) is 109 Å². The molecule has 2 aromatic rings. The minimum Gasteiger partial charge on any atom is -0.366 e. The van der Waals surface area contributed by atoms with Gasteiger partial charge in [0.25, 0.3) is 5.69 Å². The summed E-state index contributed by atoms with van der Waals surface area (Å²) in [6.07, 6.45) is 2.66. The summed E-state index contributed by atoms with van der Waals surface area (Å²) < 4.78 is 5.00. The number of aryl methyl sites for hydroxylation is 1. The van der Waals surface area contributed by atoms with Gasteiger partial charge in [0.2, 0.25) is 5.89 Å². The molecule has 1 saturated heterocycles. The molecular weight excluding hydrogens is 310 g/mol. The van der Waals surface area contributed by atoms with Crippen LogP contribution >= 0.6 is 0 Å². The fraction of sp³-hybridized carbons (Fsp3) is 0.438. The van der Waals surface area contributed by atoms with Crippen LogP contribution in [0, 0.1) is 34.3 Å². The Hall–Kier alpha value is -2.95. The van der Waals surface area contributed by atoms with Gasteiger partial charge >= 0.3 is 0 Å². The third-order valence-corrected chi connectivity index (χ3v) is 4.20. The molecule has 0 aliphatic carbocycles. The zero-order valence-electron chi connectivity index (χ0n) is 13.3. The number of piperidine rings is 1. The molecule has 8 heteroatoms. The fourth-order valence-corrected chi connectivity index (χ4v) is 3.14. The van der Waals surface area contributed by atoms with E-state index in [1.807, 2.05) is 11.0 Å². The highest BCUT2D eigenvalue weighted by Gasteiger charge is 2.26. The number of nitriles is 1. The SMILES string of the molecule is Cc1nc(CC2CCCN(c3ccc(C#N)cc3[N+](=O)[O-])C2)no1. The first-order chi connectivity index (χ1) is 11.6. The zero-order valence-corrected chi connectivity index (χ0v) is 13.3. The summed E-state index contributed by atoms with van der Waals surface area (Å²) in [4.78, 5) is 17.2. The second-order valence-corrected chi connectivity index (χ2v) is 5.96. The van der Waals surface area contributed by atoms with E-state index < -0.39 is 4.92 Å². The number of hydrogen-bond acceptors (Lipinski definition) is 7. The van der Waals surface area contributed by atoms with E-state index in [-0.39, 0.29) is 5.69 Å². The standard InChI is InChI=1S/C16H17N5O3/c1-11-18-16(19-24-11)8-13-3-2-6-20(10-13)14-5-4-12(9-17)7-15(14)21(22)23/h4-5,7,13H,2-3,6,8,10H2,1H3. The van der Waals surface area contributed by atoms with Crippen molar-refractivity contribution >= 4 is 11.4 Å². The summed E-state index contributed by atoms with van der Waals surface area (Å²) in [5, 5.41) is 24.2. The van der Waals surface area contributed by atoms with Gasteiger partial charge in [-0.25, -0.2) is 0 Å². The molecule has 0 N–H and O–H groups in total. The van der Waals surface area contributed by atoms with Gasteiger partial charge in [-0.1, -0.05) is 5.16 Å². The van der Waals surface area contributed by atoms with Crippen LogP contribution in [0.15, 0.2) is 22.7 Å². The lowest BCUT2D eigenvalue weighted by atomic mass is 9.94. The molecule has 0 spiro atoms. The molecule has 1 atom stereocenters. The van der Waals surface area contributed by atoms with Crippen molar-refractivity contribution in [2.75, 3.05) is 18.0 Å². The predicted octanol–water partition coefficient (Wildman–Crippen LogP) is 2.62. The summed E-state index contributed by atoms with van der Waals surface area (Å²) in [5.41, 5.74) is 0.833. The highest BCUT2D eigenvalue weighted by atomic mass is 16.6. The second-order valence-electron chi connectivity index (χ2n) is 5.96. The van der Waals surface area contributed by atoms with Crippen LogP contribution in [0.2, 0.25) is 0 Å². The van der Waals surface area contributed by atoms with E-state index in [0.717, 1.165) is 19.4 Å². The molecule has 1 aliphatic heterocycles. The number of nitro benzene ring substituents is 1. The van der Waals surface area contributed by atoms with Gasteiger partial charge in [-0.2, -0.15) is 10.2 Å². The number of benzene rings is 1. The minimum atomic E-state index is -0.428. The Kier molecular flexibility index (Phi) is 4.42. The van der Waals surface area contributed by atoms with Gasteiger partial charge in [-0.05, 0) is 30.9 Å². The lowest BCUT2D eigenvalue weighted by Crippen LogP contribution is -2.36. The van der Waals surface area contributed by atoms with Crippen LogP contribution in [0.4, 0.5) is 11.4 Å². The molecule has 2 heterocycles. The molecule has 1 aromatic carbocycles. The highest BCUT2D eigenvalue weighted by Crippen LogP contribution is 2.33. The predicted molar refractivity (Wildman–Crippen MR) is 85.5 cm³/mol. The van der Waals surface area contributed by atoms with Crippen LogP contribution in [0.1, 0.15) is 30.1 Å². The Labute approximate surface area is 138 Å². The normalized spacial score (nSPS) is 17.5. The molecule has 1 aromatic heterocycles. The average Bonchev–Trinajstić information content (AvgIpc) is 2.99. The maximum Gasteiger partial charge on any atom is 0.293 e. The summed E-state index contributed by atoms with van der Waals surface area (Å²) in [6, 6.07) is 6.56. The van der Waals surface area contributed by atoms with E-state index in [9.17, 15) is 10.1 Å². The van der Waals surface area contributed by atoms with Gasteiger partial charge in [0, 0.05) is 32.5 Å². The number of hydrogen-bond donors (Lipinski definition) is 0. The monoisotopic (exact) mass is 327 g/mol. The molecule has 1 unspecified atom stereocenters. The molecule has 1 aliphatic rings. The van der Waals surface area contributed by atoms with Crippen molar-refractivity contribution in [3.05, 3.63) is 45.6 Å². The Morgan fingerprint density at radius 2 is 2.38 bits per heavy atom. The molecule has 124 valence electrons. The van der Waals surface area contributed by atoms with E-state index in [4.69, 9.17) is 9.78 Å². The van der Waals surface area contributed by atoms with Gasteiger partial charge in [0.05, 0.1) is 16.6 Å². The van der Waals surface area contributed by atoms with Crippen molar-refractivity contribution in [3.63, 3.8) is 0 Å². The van der Waals surface area contributed by atoms with Gasteiger partial charge < -0.3 is 9.42 Å². The van der Waals surface area contributed by atoms with E-state index in [0.29, 0.717) is 41.8 Å². The van der Waals surface area contributed by atoms with Crippen molar-refractivity contribution in [3.8, 4) is 6.07 Å². The van der Waals surface area contributed by atoms with Crippen molar-refractivity contribution in [2.45, 2.75) is 26.2 Å². The Bertz CT molecular complexity index is 795. The Balaban J connectivity index is 1.79. The van der Waals surface area contributed by atoms with E-state index in [1.165, 1.54) is 6.07 Å². The number of nitro groups is 1. The highest BCUT2D eigenvalue weighted by molar-refractivity contribution is 5.65. The van der Waals surface area contributed by atoms with Crippen molar-refractivity contribution in [2.24, 2.45) is 5.92 Å². The van der Waals surface area contributed by atoms with Crippen molar-refractivity contribution in [1.29, 1.82) is 5.26 Å². The number of aromatic nitrogens is 2. The first kappa shape index (κ1) is 15.9. The largest absolute Gasteiger partial charge is 0.366 e. The number of nitrogens with zero attached hydrogens (tertiary/aromatic N) is 5. The summed E-state index contributed by atoms with van der Waals surface area (Å²) >= 11 is 0. The van der Waals surface area contributed by atoms with Crippen LogP contribution in [0.5, 0.6) is 0 Å². The van der Waals surface area contributed by atoms with Gasteiger partial charge in [-0.3, -0.25) is 10.1 Å². The van der Waals surface area contributed by atoms with Crippen LogP contribution in [-0.2, 0) is 6.42 Å². The third kappa shape index (κ3) is 3.35. The van der Waals surface area contributed by atoms with E-state index >= 15 is 0 Å². The maximum atomic E-state index is 11.3. The zero-order chi connectivity index (χ0) is 17.1. The lowest BCUT2D eigenvalue weighted by molar-refractivity contribution is -0.384. The first-order valence-electron chi connectivity index (χ1n) is 7.79. The molecule has 0 amide bonds. The maximum absolute atomic E-state index is 11.3.